The molecule has 1 heterocycles. The van der Waals surface area contributed by atoms with Crippen molar-refractivity contribution in [3.05, 3.63) is 17.3 Å². The third-order valence-corrected chi connectivity index (χ3v) is 2.90. The fraction of sp³-hybridized carbons (Fsp3) is 0.500. The molecule has 76 valence electrons. The van der Waals surface area contributed by atoms with E-state index in [0.29, 0.717) is 10.8 Å². The van der Waals surface area contributed by atoms with Crippen LogP contribution in [0.3, 0.4) is 0 Å². The SMILES string of the molecule is CC1(Nc2cc(N)cc(Cl)n2)CCC1. The Balaban J connectivity index is 2.16. The van der Waals surface area contributed by atoms with Crippen molar-refractivity contribution in [2.24, 2.45) is 0 Å². The molecule has 3 nitrogen and oxygen atoms in total. The number of nitrogens with one attached hydrogen (secondary N) is 1. The molecule has 1 aliphatic rings. The molecule has 0 amide bonds. The lowest BCUT2D eigenvalue weighted by Gasteiger charge is -2.39. The average Bonchev–Trinajstić information content (AvgIpc) is 1.99. The number of hydrogen-bond donors (Lipinski definition) is 2. The molecule has 0 saturated heterocycles. The summed E-state index contributed by atoms with van der Waals surface area (Å²) in [6, 6.07) is 3.46. The highest BCUT2D eigenvalue weighted by molar-refractivity contribution is 6.29. The molecule has 0 atom stereocenters. The van der Waals surface area contributed by atoms with E-state index in [9.17, 15) is 0 Å². The van der Waals surface area contributed by atoms with Crippen LogP contribution in [-0.2, 0) is 0 Å². The minimum Gasteiger partial charge on any atom is -0.399 e. The van der Waals surface area contributed by atoms with Crippen LogP contribution in [0.5, 0.6) is 0 Å². The van der Waals surface area contributed by atoms with E-state index in [1.807, 2.05) is 6.07 Å². The van der Waals surface area contributed by atoms with E-state index < -0.39 is 0 Å². The van der Waals surface area contributed by atoms with Crippen LogP contribution in [0.4, 0.5) is 11.5 Å². The summed E-state index contributed by atoms with van der Waals surface area (Å²) in [7, 11) is 0. The second kappa shape index (κ2) is 3.31. The van der Waals surface area contributed by atoms with Crippen molar-refractivity contribution < 1.29 is 0 Å². The van der Waals surface area contributed by atoms with E-state index in [4.69, 9.17) is 17.3 Å². The molecule has 14 heavy (non-hydrogen) atoms. The Hall–Kier alpha value is -0.960. The van der Waals surface area contributed by atoms with Gasteiger partial charge in [-0.1, -0.05) is 11.6 Å². The predicted octanol–water partition coefficient (Wildman–Crippen LogP) is 2.67. The molecular weight excluding hydrogens is 198 g/mol. The van der Waals surface area contributed by atoms with Crippen LogP contribution in [0.1, 0.15) is 26.2 Å². The number of nitrogens with two attached hydrogens (primary N) is 1. The maximum Gasteiger partial charge on any atom is 0.133 e. The molecule has 2 rings (SSSR count). The summed E-state index contributed by atoms with van der Waals surface area (Å²) in [5.74, 6) is 0.775. The molecule has 3 N–H and O–H groups in total. The van der Waals surface area contributed by atoms with Crippen LogP contribution < -0.4 is 11.1 Å². The quantitative estimate of drug-likeness (QED) is 0.740. The topological polar surface area (TPSA) is 50.9 Å². The van der Waals surface area contributed by atoms with Gasteiger partial charge in [-0.25, -0.2) is 4.98 Å². The zero-order valence-corrected chi connectivity index (χ0v) is 8.93. The number of hydrogen-bond acceptors (Lipinski definition) is 3. The zero-order valence-electron chi connectivity index (χ0n) is 8.18. The number of anilines is 2. The first kappa shape index (κ1) is 9.59. The Morgan fingerprint density at radius 2 is 2.21 bits per heavy atom. The van der Waals surface area contributed by atoms with Crippen molar-refractivity contribution in [2.75, 3.05) is 11.1 Å². The van der Waals surface area contributed by atoms with Gasteiger partial charge in [0.15, 0.2) is 0 Å². The van der Waals surface area contributed by atoms with E-state index in [2.05, 4.69) is 17.2 Å². The smallest absolute Gasteiger partial charge is 0.133 e. The Labute approximate surface area is 88.7 Å². The lowest BCUT2D eigenvalue weighted by Crippen LogP contribution is -2.41. The minimum absolute atomic E-state index is 0.185. The number of halogens is 1. The molecule has 0 radical (unpaired) electrons. The van der Waals surface area contributed by atoms with Gasteiger partial charge in [-0.15, -0.1) is 0 Å². The summed E-state index contributed by atoms with van der Waals surface area (Å²) < 4.78 is 0. The first-order valence-corrected chi connectivity index (χ1v) is 5.16. The summed E-state index contributed by atoms with van der Waals surface area (Å²) in [6.45, 7) is 2.19. The third-order valence-electron chi connectivity index (χ3n) is 2.70. The molecule has 0 spiro atoms. The van der Waals surface area contributed by atoms with Crippen molar-refractivity contribution in [1.29, 1.82) is 0 Å². The molecule has 4 heteroatoms. The van der Waals surface area contributed by atoms with Crippen molar-refractivity contribution in [3.63, 3.8) is 0 Å². The second-order valence-electron chi connectivity index (χ2n) is 4.15. The Bertz CT molecular complexity index is 327. The van der Waals surface area contributed by atoms with Gasteiger partial charge in [0.25, 0.3) is 0 Å². The maximum absolute atomic E-state index is 5.81. The molecule has 1 aromatic rings. The van der Waals surface area contributed by atoms with Crippen molar-refractivity contribution >= 4 is 23.1 Å². The minimum atomic E-state index is 0.185. The van der Waals surface area contributed by atoms with Gasteiger partial charge in [0.2, 0.25) is 0 Å². The largest absolute Gasteiger partial charge is 0.399 e. The summed E-state index contributed by atoms with van der Waals surface area (Å²) >= 11 is 5.81. The third kappa shape index (κ3) is 1.93. The molecule has 0 aromatic carbocycles. The van der Waals surface area contributed by atoms with E-state index >= 15 is 0 Å². The van der Waals surface area contributed by atoms with Crippen LogP contribution >= 0.6 is 11.6 Å². The van der Waals surface area contributed by atoms with Gasteiger partial charge in [-0.3, -0.25) is 0 Å². The van der Waals surface area contributed by atoms with Gasteiger partial charge < -0.3 is 11.1 Å². The fourth-order valence-electron chi connectivity index (χ4n) is 1.72. The van der Waals surface area contributed by atoms with Gasteiger partial charge in [0.05, 0.1) is 0 Å². The van der Waals surface area contributed by atoms with E-state index in [1.54, 1.807) is 6.07 Å². The molecule has 0 unspecified atom stereocenters. The Kier molecular flexibility index (Phi) is 2.27. The van der Waals surface area contributed by atoms with Gasteiger partial charge in [0, 0.05) is 17.3 Å². The van der Waals surface area contributed by atoms with Gasteiger partial charge in [-0.05, 0) is 32.3 Å². The highest BCUT2D eigenvalue weighted by atomic mass is 35.5. The first-order valence-electron chi connectivity index (χ1n) is 4.79. The van der Waals surface area contributed by atoms with E-state index in [1.165, 1.54) is 19.3 Å². The number of nitrogen functional groups attached to an aromatic ring is 1. The standard InChI is InChI=1S/C10H14ClN3/c1-10(3-2-4-10)14-9-6-7(12)5-8(11)13-9/h5-6H,2-4H2,1H3,(H3,12,13,14). The van der Waals surface area contributed by atoms with Gasteiger partial charge >= 0.3 is 0 Å². The molecule has 1 fully saturated rings. The van der Waals surface area contributed by atoms with Crippen molar-refractivity contribution in [3.8, 4) is 0 Å². The van der Waals surface area contributed by atoms with Crippen LogP contribution in [0.25, 0.3) is 0 Å². The van der Waals surface area contributed by atoms with Crippen molar-refractivity contribution in [1.82, 2.24) is 4.98 Å². The number of aromatic nitrogens is 1. The van der Waals surface area contributed by atoms with Gasteiger partial charge in [-0.2, -0.15) is 0 Å². The monoisotopic (exact) mass is 211 g/mol. The lowest BCUT2D eigenvalue weighted by atomic mass is 9.78. The second-order valence-corrected chi connectivity index (χ2v) is 4.53. The van der Waals surface area contributed by atoms with Crippen LogP contribution in [-0.4, -0.2) is 10.5 Å². The summed E-state index contributed by atoms with van der Waals surface area (Å²) in [6.07, 6.45) is 3.64. The number of nitrogens with zero attached hydrogens (tertiary/aromatic N) is 1. The molecule has 1 aliphatic carbocycles. The molecule has 0 aliphatic heterocycles. The molecule has 1 aromatic heterocycles. The number of pyridine rings is 1. The zero-order chi connectivity index (χ0) is 10.2. The maximum atomic E-state index is 5.81. The molecule has 0 bridgehead atoms. The Morgan fingerprint density at radius 3 is 2.71 bits per heavy atom. The first-order chi connectivity index (χ1) is 6.57. The number of rotatable bonds is 2. The van der Waals surface area contributed by atoms with Crippen LogP contribution in [0.15, 0.2) is 12.1 Å². The van der Waals surface area contributed by atoms with Crippen LogP contribution in [0, 0.1) is 0 Å². The Morgan fingerprint density at radius 1 is 1.50 bits per heavy atom. The normalized spacial score (nSPS) is 18.7. The van der Waals surface area contributed by atoms with Crippen molar-refractivity contribution in [2.45, 2.75) is 31.7 Å². The van der Waals surface area contributed by atoms with E-state index in [0.717, 1.165) is 5.82 Å². The molecule has 1 saturated carbocycles. The summed E-state index contributed by atoms with van der Waals surface area (Å²) in [5.41, 5.74) is 6.51. The van der Waals surface area contributed by atoms with E-state index in [-0.39, 0.29) is 5.54 Å². The fourth-order valence-corrected chi connectivity index (χ4v) is 1.94. The summed E-state index contributed by atoms with van der Waals surface area (Å²) in [5, 5.41) is 3.80. The lowest BCUT2D eigenvalue weighted by molar-refractivity contribution is 0.306. The molecular formula is C10H14ClN3. The summed E-state index contributed by atoms with van der Waals surface area (Å²) in [4.78, 5) is 4.18. The highest BCUT2D eigenvalue weighted by Crippen LogP contribution is 2.34. The van der Waals surface area contributed by atoms with Crippen LogP contribution in [0.2, 0.25) is 5.15 Å². The average molecular weight is 212 g/mol. The van der Waals surface area contributed by atoms with Gasteiger partial charge in [0.1, 0.15) is 11.0 Å². The predicted molar refractivity (Wildman–Crippen MR) is 59.5 cm³/mol. The highest BCUT2D eigenvalue weighted by Gasteiger charge is 2.31.